The first kappa shape index (κ1) is 19.4. The molecule has 2 aromatic heterocycles. The number of carbonyl (C=O) groups excluding carboxylic acids is 1. The number of nitrogens with zero attached hydrogens (tertiary/aromatic N) is 3. The number of benzene rings is 1. The Morgan fingerprint density at radius 3 is 3.03 bits per heavy atom. The highest BCUT2D eigenvalue weighted by molar-refractivity contribution is 6.30. The first-order valence-electron chi connectivity index (χ1n) is 9.54. The number of carbonyl (C=O) groups is 1. The third-order valence-corrected chi connectivity index (χ3v) is 5.23. The summed E-state index contributed by atoms with van der Waals surface area (Å²) in [5.41, 5.74) is 1.32. The lowest BCUT2D eigenvalue weighted by Gasteiger charge is -2.31. The largest absolute Gasteiger partial charge is 0.445 e. The maximum absolute atomic E-state index is 12.8. The number of piperidine rings is 1. The van der Waals surface area contributed by atoms with E-state index < -0.39 is 5.69 Å². The van der Waals surface area contributed by atoms with Crippen LogP contribution in [0.4, 0.5) is 0 Å². The van der Waals surface area contributed by atoms with Crippen molar-refractivity contribution in [3.63, 3.8) is 0 Å². The van der Waals surface area contributed by atoms with Crippen LogP contribution in [0.1, 0.15) is 52.2 Å². The molecule has 1 saturated heterocycles. The number of likely N-dealkylation sites (tertiary alicyclic amines) is 1. The fraction of sp³-hybridized carbons (Fsp3) is 0.333. The maximum Gasteiger partial charge on any atom is 0.345 e. The number of oxazole rings is 1. The summed E-state index contributed by atoms with van der Waals surface area (Å²) < 4.78 is 5.98. The zero-order chi connectivity index (χ0) is 20.4. The third kappa shape index (κ3) is 4.56. The lowest BCUT2D eigenvalue weighted by atomic mass is 9.97. The summed E-state index contributed by atoms with van der Waals surface area (Å²) in [6.07, 6.45) is 4.07. The van der Waals surface area contributed by atoms with Gasteiger partial charge < -0.3 is 14.3 Å². The minimum absolute atomic E-state index is 0.0175. The van der Waals surface area contributed by atoms with Crippen molar-refractivity contribution >= 4 is 17.5 Å². The average Bonchev–Trinajstić information content (AvgIpc) is 3.15. The molecule has 0 spiro atoms. The predicted molar refractivity (Wildman–Crippen MR) is 108 cm³/mol. The molecule has 1 N–H and O–H groups in total. The number of hydrogen-bond acceptors (Lipinski definition) is 5. The van der Waals surface area contributed by atoms with Gasteiger partial charge in [-0.3, -0.25) is 4.79 Å². The Labute approximate surface area is 172 Å². The molecule has 8 heteroatoms. The quantitative estimate of drug-likeness (QED) is 0.709. The number of nitrogens with one attached hydrogen (secondary N) is 1. The summed E-state index contributed by atoms with van der Waals surface area (Å²) in [7, 11) is 0. The van der Waals surface area contributed by atoms with E-state index in [0.717, 1.165) is 24.2 Å². The topological polar surface area (TPSA) is 92.1 Å². The Morgan fingerprint density at radius 2 is 2.24 bits per heavy atom. The van der Waals surface area contributed by atoms with Crippen LogP contribution in [-0.2, 0) is 6.42 Å². The van der Waals surface area contributed by atoms with Gasteiger partial charge in [-0.05, 0) is 43.5 Å². The number of aromatic amines is 1. The van der Waals surface area contributed by atoms with E-state index in [0.29, 0.717) is 36.1 Å². The molecular weight excluding hydrogens is 392 g/mol. The van der Waals surface area contributed by atoms with Crippen molar-refractivity contribution in [2.45, 2.75) is 32.1 Å². The molecule has 1 aromatic carbocycles. The van der Waals surface area contributed by atoms with Gasteiger partial charge in [-0.15, -0.1) is 0 Å². The van der Waals surface area contributed by atoms with E-state index in [1.54, 1.807) is 24.1 Å². The second kappa shape index (κ2) is 8.21. The van der Waals surface area contributed by atoms with Crippen LogP contribution in [0.15, 0.2) is 45.7 Å². The fourth-order valence-electron chi connectivity index (χ4n) is 3.66. The number of aromatic nitrogens is 3. The summed E-state index contributed by atoms with van der Waals surface area (Å²) in [5.74, 6) is 1.17. The molecule has 0 radical (unpaired) electrons. The van der Waals surface area contributed by atoms with E-state index in [1.807, 2.05) is 24.3 Å². The molecule has 4 rings (SSSR count). The Kier molecular flexibility index (Phi) is 5.49. The molecule has 7 nitrogen and oxygen atoms in total. The van der Waals surface area contributed by atoms with Crippen LogP contribution in [0.5, 0.6) is 0 Å². The average molecular weight is 413 g/mol. The first-order valence-corrected chi connectivity index (χ1v) is 9.92. The normalized spacial score (nSPS) is 16.8. The smallest absolute Gasteiger partial charge is 0.345 e. The van der Waals surface area contributed by atoms with Crippen molar-refractivity contribution < 1.29 is 9.21 Å². The van der Waals surface area contributed by atoms with Crippen LogP contribution < -0.4 is 5.69 Å². The van der Waals surface area contributed by atoms with E-state index in [-0.39, 0.29) is 17.5 Å². The lowest BCUT2D eigenvalue weighted by Crippen LogP contribution is -2.40. The van der Waals surface area contributed by atoms with E-state index in [9.17, 15) is 9.59 Å². The summed E-state index contributed by atoms with van der Waals surface area (Å²) in [6, 6.07) is 9.24. The van der Waals surface area contributed by atoms with E-state index in [2.05, 4.69) is 15.0 Å². The Hall–Kier alpha value is -2.93. The van der Waals surface area contributed by atoms with Crippen molar-refractivity contribution in [1.82, 2.24) is 19.9 Å². The van der Waals surface area contributed by atoms with Crippen LogP contribution >= 0.6 is 11.6 Å². The Balaban J connectivity index is 1.46. The monoisotopic (exact) mass is 412 g/mol. The van der Waals surface area contributed by atoms with Crippen molar-refractivity contribution in [2.24, 2.45) is 0 Å². The van der Waals surface area contributed by atoms with Crippen LogP contribution in [0.3, 0.4) is 0 Å². The molecule has 0 bridgehead atoms. The zero-order valence-corrected chi connectivity index (χ0v) is 16.8. The van der Waals surface area contributed by atoms with Gasteiger partial charge in [0.1, 0.15) is 11.5 Å². The zero-order valence-electron chi connectivity index (χ0n) is 16.0. The highest BCUT2D eigenvalue weighted by atomic mass is 35.5. The number of halogens is 1. The molecule has 1 atom stereocenters. The van der Waals surface area contributed by atoms with Gasteiger partial charge in [-0.25, -0.2) is 9.78 Å². The molecule has 1 aliphatic rings. The van der Waals surface area contributed by atoms with Crippen molar-refractivity contribution in [1.29, 1.82) is 0 Å². The number of aryl methyl sites for hydroxylation is 1. The Bertz CT molecular complexity index is 1090. The van der Waals surface area contributed by atoms with E-state index >= 15 is 0 Å². The van der Waals surface area contributed by atoms with Crippen LogP contribution in [0, 0.1) is 6.92 Å². The number of rotatable bonds is 4. The molecule has 3 aromatic rings. The molecule has 1 amide bonds. The van der Waals surface area contributed by atoms with Crippen molar-refractivity contribution in [3.05, 3.63) is 80.6 Å². The molecule has 0 saturated carbocycles. The third-order valence-electron chi connectivity index (χ3n) is 5.00. The van der Waals surface area contributed by atoms with Gasteiger partial charge in [0.15, 0.2) is 5.89 Å². The molecule has 1 fully saturated rings. The highest BCUT2D eigenvalue weighted by Crippen LogP contribution is 2.28. The standard InChI is InChI=1S/C21H21ClN4O3/c1-13-8-18(25-21(28)24-13)20(27)26-7-3-5-15(12-26)19-23-11-17(29-19)10-14-4-2-6-16(22)9-14/h2,4,6,8-9,11,15H,3,5,7,10,12H2,1H3,(H,24,25,28). The first-order chi connectivity index (χ1) is 14.0. The summed E-state index contributed by atoms with van der Waals surface area (Å²) in [5, 5.41) is 0.687. The lowest BCUT2D eigenvalue weighted by molar-refractivity contribution is 0.0691. The second-order valence-electron chi connectivity index (χ2n) is 7.32. The number of H-pyrrole nitrogens is 1. The molecule has 1 aliphatic heterocycles. The SMILES string of the molecule is Cc1cc(C(=O)N2CCCC(c3ncc(Cc4cccc(Cl)c4)o3)C2)nc(=O)[nH]1. The highest BCUT2D eigenvalue weighted by Gasteiger charge is 2.29. The van der Waals surface area contributed by atoms with Gasteiger partial charge in [-0.1, -0.05) is 23.7 Å². The number of hydrogen-bond donors (Lipinski definition) is 1. The van der Waals surface area contributed by atoms with E-state index in [1.165, 1.54) is 0 Å². The minimum atomic E-state index is -0.514. The molecule has 150 valence electrons. The van der Waals surface area contributed by atoms with Gasteiger partial charge in [0.05, 0.1) is 12.1 Å². The molecule has 1 unspecified atom stereocenters. The van der Waals surface area contributed by atoms with E-state index in [4.69, 9.17) is 16.0 Å². The summed E-state index contributed by atoms with van der Waals surface area (Å²) >= 11 is 6.04. The predicted octanol–water partition coefficient (Wildman–Crippen LogP) is 3.33. The van der Waals surface area contributed by atoms with Gasteiger partial charge in [0.25, 0.3) is 5.91 Å². The molecule has 29 heavy (non-hydrogen) atoms. The van der Waals surface area contributed by atoms with Crippen molar-refractivity contribution in [3.8, 4) is 0 Å². The Morgan fingerprint density at radius 1 is 1.38 bits per heavy atom. The van der Waals surface area contributed by atoms with Crippen LogP contribution in [0.25, 0.3) is 0 Å². The minimum Gasteiger partial charge on any atom is -0.445 e. The van der Waals surface area contributed by atoms with Gasteiger partial charge in [-0.2, -0.15) is 4.98 Å². The van der Waals surface area contributed by atoms with Gasteiger partial charge in [0.2, 0.25) is 0 Å². The second-order valence-corrected chi connectivity index (χ2v) is 7.75. The maximum atomic E-state index is 12.8. The van der Waals surface area contributed by atoms with Gasteiger partial charge >= 0.3 is 5.69 Å². The molecule has 3 heterocycles. The van der Waals surface area contributed by atoms with Gasteiger partial charge in [0, 0.05) is 30.2 Å². The summed E-state index contributed by atoms with van der Waals surface area (Å²) in [6.45, 7) is 2.84. The van der Waals surface area contributed by atoms with Crippen molar-refractivity contribution in [2.75, 3.05) is 13.1 Å². The number of amides is 1. The molecule has 0 aliphatic carbocycles. The molecular formula is C21H21ClN4O3. The van der Waals surface area contributed by atoms with Crippen LogP contribution in [-0.4, -0.2) is 38.8 Å². The summed E-state index contributed by atoms with van der Waals surface area (Å²) in [4.78, 5) is 36.9. The van der Waals surface area contributed by atoms with Crippen LogP contribution in [0.2, 0.25) is 5.02 Å². The fourth-order valence-corrected chi connectivity index (χ4v) is 3.87.